The van der Waals surface area contributed by atoms with Crippen LogP contribution >= 0.6 is 11.6 Å². The highest BCUT2D eigenvalue weighted by Gasteiger charge is 2.32. The van der Waals surface area contributed by atoms with E-state index in [4.69, 9.17) is 32.0 Å². The van der Waals surface area contributed by atoms with Crippen LogP contribution in [0.4, 0.5) is 17.6 Å². The Hall–Kier alpha value is -2.94. The average molecular weight is 652 g/mol. The maximum absolute atomic E-state index is 14.4. The summed E-state index contributed by atoms with van der Waals surface area (Å²) in [6.45, 7) is 2.95. The first-order chi connectivity index (χ1) is 20.1. The van der Waals surface area contributed by atoms with E-state index in [0.717, 1.165) is 55.9 Å². The van der Waals surface area contributed by atoms with E-state index >= 15 is 0 Å². The summed E-state index contributed by atoms with van der Waals surface area (Å²) in [5.41, 5.74) is 7.03. The fourth-order valence-corrected chi connectivity index (χ4v) is 5.14. The van der Waals surface area contributed by atoms with Gasteiger partial charge in [0.1, 0.15) is 23.4 Å². The Balaban J connectivity index is 0.000000432. The van der Waals surface area contributed by atoms with Gasteiger partial charge in [0.2, 0.25) is 0 Å². The molecule has 0 radical (unpaired) electrons. The number of carbonyl (C=O) groups excluding carboxylic acids is 1. The molecule has 2 aromatic rings. The Bertz CT molecular complexity index is 1310. The van der Waals surface area contributed by atoms with Gasteiger partial charge in [0.25, 0.3) is 11.9 Å². The van der Waals surface area contributed by atoms with Gasteiger partial charge in [0.05, 0.1) is 5.56 Å². The fourth-order valence-electron chi connectivity index (χ4n) is 4.41. The first-order valence-electron chi connectivity index (χ1n) is 13.5. The summed E-state index contributed by atoms with van der Waals surface area (Å²) in [6, 6.07) is 6.67. The molecule has 238 valence electrons. The molecule has 15 heteroatoms. The minimum absolute atomic E-state index is 0.0185. The van der Waals surface area contributed by atoms with Gasteiger partial charge in [-0.2, -0.15) is 0 Å². The molecule has 2 aromatic carbocycles. The van der Waals surface area contributed by atoms with Gasteiger partial charge < -0.3 is 24.9 Å². The molecule has 2 saturated carbocycles. The molecule has 0 bridgehead atoms. The molecule has 3 aliphatic rings. The molecular formula is C28H32ClF4N2O7S-. The van der Waals surface area contributed by atoms with Gasteiger partial charge in [-0.25, -0.2) is 4.39 Å². The highest BCUT2D eigenvalue weighted by atomic mass is 35.5. The summed E-state index contributed by atoms with van der Waals surface area (Å²) < 4.78 is 81.2. The molecule has 1 unspecified atom stereocenters. The van der Waals surface area contributed by atoms with Gasteiger partial charge in [-0.1, -0.05) is 22.7 Å². The number of hydrogen-bond donors (Lipinski definition) is 2. The fraction of sp³-hybridized carbons (Fsp3) is 0.500. The molecule has 5 rings (SSSR count). The standard InChI is InChI=1S/C23H23ClF4N2O3.C3H6O2S.C2H4O2/c24-15-8-17(10-18(9-15)33-23(26,27)28)32-16-3-5-30(6-4-16)12-14-7-21(25)20(22(29)31)11-19(14)13-1-2-13;4-6(5)3-1-2-3;1-2(3)4/h7-11,13,16H,1-6,12H2,(H2,29,31);3H,1-2H2,(H,4,5);1H3,(H,3,4)/p-1. The van der Waals surface area contributed by atoms with Crippen LogP contribution < -0.4 is 15.2 Å². The highest BCUT2D eigenvalue weighted by Crippen LogP contribution is 2.43. The zero-order valence-electron chi connectivity index (χ0n) is 23.2. The topological polar surface area (TPSA) is 142 Å². The summed E-state index contributed by atoms with van der Waals surface area (Å²) >= 11 is 4.15. The molecule has 1 heterocycles. The van der Waals surface area contributed by atoms with Crippen molar-refractivity contribution in [1.29, 1.82) is 0 Å². The summed E-state index contributed by atoms with van der Waals surface area (Å²) in [5, 5.41) is 7.52. The van der Waals surface area contributed by atoms with Gasteiger partial charge in [0, 0.05) is 42.9 Å². The van der Waals surface area contributed by atoms with E-state index in [1.165, 1.54) is 12.1 Å². The van der Waals surface area contributed by atoms with E-state index in [1.54, 1.807) is 6.07 Å². The van der Waals surface area contributed by atoms with Crippen molar-refractivity contribution in [3.8, 4) is 11.5 Å². The van der Waals surface area contributed by atoms with E-state index in [9.17, 15) is 31.1 Å². The maximum atomic E-state index is 14.4. The minimum atomic E-state index is -4.82. The van der Waals surface area contributed by atoms with E-state index < -0.39 is 40.9 Å². The van der Waals surface area contributed by atoms with Gasteiger partial charge in [-0.15, -0.1) is 13.2 Å². The number of hydrogen-bond acceptors (Lipinski definition) is 7. The molecule has 1 amide bonds. The van der Waals surface area contributed by atoms with Crippen LogP contribution in [-0.4, -0.2) is 61.5 Å². The summed E-state index contributed by atoms with van der Waals surface area (Å²) in [6.07, 6.45) is 0.0492. The van der Waals surface area contributed by atoms with E-state index in [0.29, 0.717) is 38.4 Å². The minimum Gasteiger partial charge on any atom is -0.772 e. The summed E-state index contributed by atoms with van der Waals surface area (Å²) in [5.74, 6) is -2.12. The number of alkyl halides is 3. The van der Waals surface area contributed by atoms with Crippen LogP contribution in [-0.2, 0) is 22.4 Å². The van der Waals surface area contributed by atoms with Crippen LogP contribution in [0.5, 0.6) is 11.5 Å². The van der Waals surface area contributed by atoms with Gasteiger partial charge in [-0.3, -0.25) is 18.7 Å². The first kappa shape index (κ1) is 34.5. The Morgan fingerprint density at radius 3 is 2.12 bits per heavy atom. The second kappa shape index (κ2) is 15.2. The molecule has 1 atom stereocenters. The molecule has 0 spiro atoms. The number of rotatable bonds is 8. The number of nitrogens with zero attached hydrogens (tertiary/aromatic N) is 1. The van der Waals surface area contributed by atoms with Crippen molar-refractivity contribution in [2.75, 3.05) is 13.1 Å². The van der Waals surface area contributed by atoms with Gasteiger partial charge in [-0.05, 0) is 79.8 Å². The smallest absolute Gasteiger partial charge is 0.573 e. The van der Waals surface area contributed by atoms with E-state index in [-0.39, 0.29) is 27.7 Å². The van der Waals surface area contributed by atoms with Crippen molar-refractivity contribution in [3.05, 3.63) is 57.9 Å². The number of carbonyl (C=O) groups is 2. The molecule has 3 fully saturated rings. The Labute approximate surface area is 253 Å². The van der Waals surface area contributed by atoms with Gasteiger partial charge >= 0.3 is 6.36 Å². The molecule has 43 heavy (non-hydrogen) atoms. The normalized spacial score (nSPS) is 17.9. The van der Waals surface area contributed by atoms with Crippen molar-refractivity contribution in [3.63, 3.8) is 0 Å². The lowest BCUT2D eigenvalue weighted by molar-refractivity contribution is -0.274. The number of likely N-dealkylation sites (tertiary alicyclic amines) is 1. The number of primary amides is 1. The van der Waals surface area contributed by atoms with Crippen LogP contribution in [0.1, 0.15) is 72.9 Å². The Morgan fingerprint density at radius 2 is 1.65 bits per heavy atom. The lowest BCUT2D eigenvalue weighted by Crippen LogP contribution is -2.38. The number of aliphatic carboxylic acids is 1. The largest absolute Gasteiger partial charge is 0.772 e. The average Bonchev–Trinajstić information content (AvgIpc) is 3.77. The Morgan fingerprint density at radius 1 is 1.07 bits per heavy atom. The quantitative estimate of drug-likeness (QED) is 0.281. The lowest BCUT2D eigenvalue weighted by atomic mass is 9.97. The van der Waals surface area contributed by atoms with E-state index in [1.807, 2.05) is 0 Å². The van der Waals surface area contributed by atoms with Gasteiger partial charge in [0.15, 0.2) is 0 Å². The summed E-state index contributed by atoms with van der Waals surface area (Å²) in [4.78, 5) is 22.7. The number of carboxylic acid groups (broad SMARTS) is 1. The molecule has 0 aromatic heterocycles. The van der Waals surface area contributed by atoms with Crippen LogP contribution in [0.3, 0.4) is 0 Å². The number of amides is 1. The number of piperidine rings is 1. The zero-order valence-corrected chi connectivity index (χ0v) is 24.8. The molecule has 1 saturated heterocycles. The lowest BCUT2D eigenvalue weighted by Gasteiger charge is -2.32. The van der Waals surface area contributed by atoms with Crippen molar-refractivity contribution in [1.82, 2.24) is 4.90 Å². The van der Waals surface area contributed by atoms with Crippen molar-refractivity contribution in [2.45, 2.75) is 75.6 Å². The number of carboxylic acids is 1. The number of ether oxygens (including phenoxy) is 2. The van der Waals surface area contributed by atoms with Crippen LogP contribution in [0.15, 0.2) is 30.3 Å². The molecule has 1 aliphatic heterocycles. The highest BCUT2D eigenvalue weighted by molar-refractivity contribution is 7.80. The van der Waals surface area contributed by atoms with Crippen LogP contribution in [0.2, 0.25) is 5.02 Å². The predicted molar refractivity (Wildman–Crippen MR) is 149 cm³/mol. The molecule has 9 nitrogen and oxygen atoms in total. The molecule has 2 aliphatic carbocycles. The van der Waals surface area contributed by atoms with Crippen LogP contribution in [0.25, 0.3) is 0 Å². The first-order valence-corrected chi connectivity index (χ1v) is 15.0. The molecule has 3 N–H and O–H groups in total. The number of benzene rings is 2. The predicted octanol–water partition coefficient (Wildman–Crippen LogP) is 5.52. The zero-order chi connectivity index (χ0) is 31.9. The second-order valence-electron chi connectivity index (χ2n) is 10.4. The monoisotopic (exact) mass is 651 g/mol. The van der Waals surface area contributed by atoms with Crippen molar-refractivity contribution < 1.29 is 50.5 Å². The van der Waals surface area contributed by atoms with Crippen LogP contribution in [0, 0.1) is 5.82 Å². The third-order valence-electron chi connectivity index (χ3n) is 6.62. The third kappa shape index (κ3) is 12.3. The van der Waals surface area contributed by atoms with Crippen molar-refractivity contribution >= 4 is 34.6 Å². The van der Waals surface area contributed by atoms with Crippen molar-refractivity contribution in [2.24, 2.45) is 5.73 Å². The maximum Gasteiger partial charge on any atom is 0.573 e. The number of nitrogens with two attached hydrogens (primary N) is 1. The second-order valence-corrected chi connectivity index (χ2v) is 12.0. The third-order valence-corrected chi connectivity index (χ3v) is 7.85. The summed E-state index contributed by atoms with van der Waals surface area (Å²) in [7, 11) is 0. The Kier molecular flexibility index (Phi) is 12.2. The molecular weight excluding hydrogens is 620 g/mol. The SMILES string of the molecule is CC(=O)O.NC(=O)c1cc(C2CC2)c(CN2CCC(Oc3cc(Cl)cc(OC(F)(F)F)c3)CC2)cc1F.O=S([O-])C1CC1. The van der Waals surface area contributed by atoms with E-state index in [2.05, 4.69) is 9.64 Å². The number of halogens is 5.